The molecular formula is C23H29N3O3. The highest BCUT2D eigenvalue weighted by Crippen LogP contribution is 2.39. The molecule has 1 aromatic carbocycles. The molecule has 6 heteroatoms. The summed E-state index contributed by atoms with van der Waals surface area (Å²) in [6.45, 7) is 4.67. The van der Waals surface area contributed by atoms with E-state index in [0.717, 1.165) is 29.8 Å². The minimum absolute atomic E-state index is 0.0323. The lowest BCUT2D eigenvalue weighted by molar-refractivity contribution is -0.129. The topological polar surface area (TPSA) is 71.5 Å². The number of unbranched alkanes of at least 4 members (excludes halogenated alkanes) is 1. The maximum Gasteiger partial charge on any atom is 0.226 e. The van der Waals surface area contributed by atoms with Gasteiger partial charge in [-0.2, -0.15) is 0 Å². The van der Waals surface area contributed by atoms with E-state index in [9.17, 15) is 9.59 Å². The van der Waals surface area contributed by atoms with Gasteiger partial charge in [-0.1, -0.05) is 31.5 Å². The van der Waals surface area contributed by atoms with Gasteiger partial charge in [0.05, 0.1) is 30.8 Å². The zero-order chi connectivity index (χ0) is 20.8. The Labute approximate surface area is 172 Å². The van der Waals surface area contributed by atoms with Crippen molar-refractivity contribution in [2.45, 2.75) is 45.2 Å². The van der Waals surface area contributed by atoms with Crippen LogP contribution in [0, 0.1) is 5.92 Å². The number of hydrogen-bond acceptors (Lipinski definition) is 4. The molecule has 0 aliphatic carbocycles. The number of amides is 2. The van der Waals surface area contributed by atoms with E-state index >= 15 is 0 Å². The fourth-order valence-corrected chi connectivity index (χ4v) is 3.86. The Bertz CT molecular complexity index is 823. The van der Waals surface area contributed by atoms with Crippen LogP contribution in [0.1, 0.15) is 56.5 Å². The molecule has 0 spiro atoms. The lowest BCUT2D eigenvalue weighted by atomic mass is 9.92. The molecule has 1 aromatic heterocycles. The van der Waals surface area contributed by atoms with Crippen LogP contribution < -0.4 is 10.1 Å². The molecule has 1 N–H and O–H groups in total. The Morgan fingerprint density at radius 3 is 2.66 bits per heavy atom. The number of carbonyl (C=O) groups excluding carboxylic acids is 2. The largest absolute Gasteiger partial charge is 0.497 e. The summed E-state index contributed by atoms with van der Waals surface area (Å²) in [5.74, 6) is 0.239. The van der Waals surface area contributed by atoms with Crippen molar-refractivity contribution in [3.63, 3.8) is 0 Å². The summed E-state index contributed by atoms with van der Waals surface area (Å²) in [7, 11) is 1.62. The van der Waals surface area contributed by atoms with Crippen molar-refractivity contribution in [3.05, 3.63) is 59.9 Å². The molecule has 1 aliphatic rings. The number of rotatable bonds is 8. The number of benzene rings is 1. The predicted octanol–water partition coefficient (Wildman–Crippen LogP) is 3.66. The molecule has 2 amide bonds. The van der Waals surface area contributed by atoms with E-state index in [1.54, 1.807) is 13.3 Å². The number of aromatic nitrogens is 1. The van der Waals surface area contributed by atoms with Crippen molar-refractivity contribution in [1.82, 2.24) is 15.2 Å². The zero-order valence-corrected chi connectivity index (χ0v) is 17.3. The van der Waals surface area contributed by atoms with Crippen molar-refractivity contribution in [2.24, 2.45) is 5.92 Å². The number of hydrogen-bond donors (Lipinski definition) is 1. The van der Waals surface area contributed by atoms with Crippen LogP contribution in [0.2, 0.25) is 0 Å². The number of methoxy groups -OCH3 is 1. The van der Waals surface area contributed by atoms with E-state index in [4.69, 9.17) is 4.74 Å². The third kappa shape index (κ3) is 4.75. The van der Waals surface area contributed by atoms with Gasteiger partial charge in [-0.15, -0.1) is 0 Å². The number of carbonyl (C=O) groups is 2. The lowest BCUT2D eigenvalue weighted by Gasteiger charge is -2.29. The van der Waals surface area contributed by atoms with Gasteiger partial charge in [0, 0.05) is 19.2 Å². The predicted molar refractivity (Wildman–Crippen MR) is 111 cm³/mol. The molecule has 1 fully saturated rings. The van der Waals surface area contributed by atoms with Gasteiger partial charge in [0.25, 0.3) is 0 Å². The smallest absolute Gasteiger partial charge is 0.226 e. The minimum Gasteiger partial charge on any atom is -0.497 e. The van der Waals surface area contributed by atoms with Gasteiger partial charge >= 0.3 is 0 Å². The van der Waals surface area contributed by atoms with Gasteiger partial charge < -0.3 is 15.0 Å². The van der Waals surface area contributed by atoms with Crippen LogP contribution in [-0.4, -0.2) is 35.4 Å². The average molecular weight is 396 g/mol. The average Bonchev–Trinajstić information content (AvgIpc) is 3.09. The fourth-order valence-electron chi connectivity index (χ4n) is 3.86. The maximum absolute atomic E-state index is 13.2. The zero-order valence-electron chi connectivity index (χ0n) is 17.3. The van der Waals surface area contributed by atoms with Gasteiger partial charge in [-0.25, -0.2) is 0 Å². The standard InChI is InChI=1S/C23H29N3O3/c1-4-5-14-26-21(27)15-19(22(26)17-9-11-18(29-3)12-10-17)23(28)25-16(2)20-8-6-7-13-24-20/h6-13,16,19,22H,4-5,14-15H2,1-3H3,(H,25,28)/t16-,19-,22-/m0/s1. The highest BCUT2D eigenvalue weighted by Gasteiger charge is 2.44. The number of nitrogens with one attached hydrogen (secondary N) is 1. The first-order valence-electron chi connectivity index (χ1n) is 10.2. The fraction of sp³-hybridized carbons (Fsp3) is 0.435. The third-order valence-corrected chi connectivity index (χ3v) is 5.47. The normalized spacial score (nSPS) is 19.8. The second-order valence-corrected chi connectivity index (χ2v) is 7.45. The maximum atomic E-state index is 13.2. The van der Waals surface area contributed by atoms with Gasteiger partial charge in [-0.3, -0.25) is 14.6 Å². The van der Waals surface area contributed by atoms with Crippen molar-refractivity contribution in [2.75, 3.05) is 13.7 Å². The third-order valence-electron chi connectivity index (χ3n) is 5.47. The van der Waals surface area contributed by atoms with Crippen molar-refractivity contribution < 1.29 is 14.3 Å². The molecule has 29 heavy (non-hydrogen) atoms. The Balaban J connectivity index is 1.83. The van der Waals surface area contributed by atoms with E-state index in [1.165, 1.54) is 0 Å². The first-order chi connectivity index (χ1) is 14.0. The summed E-state index contributed by atoms with van der Waals surface area (Å²) in [6.07, 6.45) is 3.84. The summed E-state index contributed by atoms with van der Waals surface area (Å²) >= 11 is 0. The monoisotopic (exact) mass is 395 g/mol. The van der Waals surface area contributed by atoms with Crippen LogP contribution in [0.4, 0.5) is 0 Å². The summed E-state index contributed by atoms with van der Waals surface area (Å²) in [5.41, 5.74) is 1.76. The van der Waals surface area contributed by atoms with Gasteiger partial charge in [0.1, 0.15) is 5.75 Å². The molecule has 1 saturated heterocycles. The number of likely N-dealkylation sites (tertiary alicyclic amines) is 1. The highest BCUT2D eigenvalue weighted by molar-refractivity contribution is 5.90. The van der Waals surface area contributed by atoms with Crippen LogP contribution in [0.5, 0.6) is 5.75 Å². The van der Waals surface area contributed by atoms with Crippen LogP contribution in [-0.2, 0) is 9.59 Å². The van der Waals surface area contributed by atoms with E-state index in [0.29, 0.717) is 6.54 Å². The number of ether oxygens (including phenoxy) is 1. The van der Waals surface area contributed by atoms with E-state index in [1.807, 2.05) is 54.3 Å². The Morgan fingerprint density at radius 2 is 2.03 bits per heavy atom. The summed E-state index contributed by atoms with van der Waals surface area (Å²) < 4.78 is 5.25. The number of pyridine rings is 1. The molecule has 3 rings (SSSR count). The van der Waals surface area contributed by atoms with Crippen molar-refractivity contribution in [3.8, 4) is 5.75 Å². The quantitative estimate of drug-likeness (QED) is 0.740. The molecule has 0 radical (unpaired) electrons. The summed E-state index contributed by atoms with van der Waals surface area (Å²) in [6, 6.07) is 12.8. The second-order valence-electron chi connectivity index (χ2n) is 7.45. The van der Waals surface area contributed by atoms with Gasteiger partial charge in [-0.05, 0) is 43.2 Å². The van der Waals surface area contributed by atoms with E-state index in [2.05, 4.69) is 17.2 Å². The number of nitrogens with zero attached hydrogens (tertiary/aromatic N) is 2. The lowest BCUT2D eigenvalue weighted by Crippen LogP contribution is -2.37. The molecule has 1 aliphatic heterocycles. The van der Waals surface area contributed by atoms with Crippen molar-refractivity contribution in [1.29, 1.82) is 0 Å². The van der Waals surface area contributed by atoms with Gasteiger partial charge in [0.15, 0.2) is 0 Å². The van der Waals surface area contributed by atoms with E-state index < -0.39 is 5.92 Å². The molecule has 0 saturated carbocycles. The molecule has 2 aromatic rings. The minimum atomic E-state index is -0.432. The van der Waals surface area contributed by atoms with Crippen LogP contribution >= 0.6 is 0 Å². The van der Waals surface area contributed by atoms with Crippen LogP contribution in [0.15, 0.2) is 48.7 Å². The SMILES string of the molecule is CCCCN1C(=O)C[C@H](C(=O)N[C@@H](C)c2ccccn2)[C@@H]1c1ccc(OC)cc1. The summed E-state index contributed by atoms with van der Waals surface area (Å²) in [5, 5.41) is 3.05. The Hall–Kier alpha value is -2.89. The highest BCUT2D eigenvalue weighted by atomic mass is 16.5. The van der Waals surface area contributed by atoms with Gasteiger partial charge in [0.2, 0.25) is 11.8 Å². The van der Waals surface area contributed by atoms with E-state index in [-0.39, 0.29) is 30.3 Å². The summed E-state index contributed by atoms with van der Waals surface area (Å²) in [4.78, 5) is 32.1. The molecular weight excluding hydrogens is 366 g/mol. The first kappa shape index (κ1) is 20.8. The molecule has 6 nitrogen and oxygen atoms in total. The molecule has 154 valence electrons. The molecule has 2 heterocycles. The Morgan fingerprint density at radius 1 is 1.28 bits per heavy atom. The van der Waals surface area contributed by atoms with Crippen LogP contribution in [0.25, 0.3) is 0 Å². The van der Waals surface area contributed by atoms with Crippen LogP contribution in [0.3, 0.4) is 0 Å². The first-order valence-corrected chi connectivity index (χ1v) is 10.2. The molecule has 0 bridgehead atoms. The second kappa shape index (κ2) is 9.54. The Kier molecular flexibility index (Phi) is 6.86. The molecule has 3 atom stereocenters. The molecule has 0 unspecified atom stereocenters. The van der Waals surface area contributed by atoms with Crippen molar-refractivity contribution >= 4 is 11.8 Å².